The Hall–Kier alpha value is -2.03. The third kappa shape index (κ3) is 7.11. The van der Waals surface area contributed by atoms with Gasteiger partial charge in [-0.15, -0.1) is 0 Å². The normalized spacial score (nSPS) is 10.1. The zero-order valence-corrected chi connectivity index (χ0v) is 13.5. The minimum absolute atomic E-state index is 0.0958. The fraction of sp³-hybridized carbons (Fsp3) is 0.444. The van der Waals surface area contributed by atoms with Gasteiger partial charge in [0.25, 0.3) is 5.91 Å². The average molecular weight is 302 g/mol. The van der Waals surface area contributed by atoms with E-state index in [-0.39, 0.29) is 17.7 Å². The Morgan fingerprint density at radius 3 is 2.64 bits per heavy atom. The lowest BCUT2D eigenvalue weighted by molar-refractivity contribution is -0.117. The van der Waals surface area contributed by atoms with Crippen molar-refractivity contribution in [2.75, 3.05) is 13.2 Å². The highest BCUT2D eigenvalue weighted by Gasteiger charge is 2.05. The van der Waals surface area contributed by atoms with Crippen LogP contribution in [-0.4, -0.2) is 25.2 Å². The second kappa shape index (κ2) is 10.7. The number of nitrogens with two attached hydrogens (primary N) is 1. The van der Waals surface area contributed by atoms with E-state index in [1.165, 1.54) is 0 Å². The van der Waals surface area contributed by atoms with E-state index in [1.54, 1.807) is 6.08 Å². The minimum Gasteiger partial charge on any atom is -0.388 e. The first-order chi connectivity index (χ1) is 10.7. The van der Waals surface area contributed by atoms with E-state index < -0.39 is 0 Å². The maximum atomic E-state index is 11.8. The monoisotopic (exact) mass is 302 g/mol. The lowest BCUT2D eigenvalue weighted by Gasteiger charge is -2.13. The molecule has 0 radical (unpaired) electrons. The predicted octanol–water partition coefficient (Wildman–Crippen LogP) is 2.55. The molecule has 0 unspecified atom stereocenters. The number of hydrogen-bond acceptors (Lipinski definition) is 3. The number of ether oxygens (including phenoxy) is 1. The Morgan fingerprint density at radius 1 is 1.32 bits per heavy atom. The van der Waals surface area contributed by atoms with Crippen molar-refractivity contribution in [3.63, 3.8) is 0 Å². The molecule has 0 heterocycles. The molecule has 0 saturated heterocycles. The van der Waals surface area contributed by atoms with Gasteiger partial charge in [0, 0.05) is 6.54 Å². The van der Waals surface area contributed by atoms with E-state index in [0.29, 0.717) is 19.6 Å². The molecule has 0 aromatic heterocycles. The van der Waals surface area contributed by atoms with Gasteiger partial charge < -0.3 is 15.8 Å². The Kier molecular flexibility index (Phi) is 8.73. The number of carbonyl (C=O) groups excluding carboxylic acids is 1. The summed E-state index contributed by atoms with van der Waals surface area (Å²) in [6, 6.07) is 9.95. The number of carbonyl (C=O) groups is 1. The van der Waals surface area contributed by atoms with E-state index in [9.17, 15) is 4.79 Å². The van der Waals surface area contributed by atoms with Gasteiger partial charge in [0.15, 0.2) is 0 Å². The molecular weight excluding hydrogens is 276 g/mol. The Labute approximate surface area is 133 Å². The second-order valence-electron chi connectivity index (χ2n) is 5.02. The summed E-state index contributed by atoms with van der Waals surface area (Å²) in [4.78, 5) is 11.8. The fourth-order valence-electron chi connectivity index (χ4n) is 1.97. The molecule has 1 aromatic rings. The van der Waals surface area contributed by atoms with E-state index in [4.69, 9.17) is 10.5 Å². The lowest BCUT2D eigenvalue weighted by atomic mass is 10.1. The van der Waals surface area contributed by atoms with Gasteiger partial charge in [-0.2, -0.15) is 0 Å². The first-order valence-corrected chi connectivity index (χ1v) is 7.81. The van der Waals surface area contributed by atoms with Crippen LogP contribution in [0.25, 0.3) is 0 Å². The molecule has 0 aliphatic rings. The zero-order chi connectivity index (χ0) is 16.2. The summed E-state index contributed by atoms with van der Waals surface area (Å²) in [6.07, 6.45) is 4.69. The molecule has 0 bridgehead atoms. The van der Waals surface area contributed by atoms with E-state index in [1.807, 2.05) is 30.3 Å². The molecule has 1 aromatic carbocycles. The first kappa shape index (κ1) is 18.0. The fourth-order valence-corrected chi connectivity index (χ4v) is 1.97. The van der Waals surface area contributed by atoms with Crippen LogP contribution >= 0.6 is 0 Å². The number of rotatable bonds is 9. The third-order valence-electron chi connectivity index (χ3n) is 3.33. The lowest BCUT2D eigenvalue weighted by Crippen LogP contribution is -2.32. The second-order valence-corrected chi connectivity index (χ2v) is 5.02. The van der Waals surface area contributed by atoms with Gasteiger partial charge in [-0.05, 0) is 30.9 Å². The van der Waals surface area contributed by atoms with Crippen LogP contribution < -0.4 is 11.1 Å². The van der Waals surface area contributed by atoms with Crippen LogP contribution in [-0.2, 0) is 16.0 Å². The van der Waals surface area contributed by atoms with E-state index in [2.05, 4.69) is 24.9 Å². The third-order valence-corrected chi connectivity index (χ3v) is 3.33. The standard InChI is InChI=1S/C18H26N2O2/c1-3-16(4-2)22-14-13-20-18(21)17(19)12-8-11-15-9-6-5-7-10-15/h5-10,16H,3-4,11,13-14,19H2,1-2H3,(H,20,21). The maximum absolute atomic E-state index is 11.8. The largest absolute Gasteiger partial charge is 0.388 e. The van der Waals surface area contributed by atoms with Crippen LogP contribution in [0.1, 0.15) is 32.3 Å². The number of amides is 1. The number of benzene rings is 1. The summed E-state index contributed by atoms with van der Waals surface area (Å²) in [5.41, 5.74) is 9.77. The maximum Gasteiger partial charge on any atom is 0.275 e. The van der Waals surface area contributed by atoms with Crippen molar-refractivity contribution in [3.8, 4) is 0 Å². The van der Waals surface area contributed by atoms with Crippen molar-refractivity contribution >= 4 is 5.91 Å². The zero-order valence-electron chi connectivity index (χ0n) is 13.5. The Morgan fingerprint density at radius 2 is 2.00 bits per heavy atom. The summed E-state index contributed by atoms with van der Waals surface area (Å²) >= 11 is 0. The Bertz CT molecular complexity index is 501. The van der Waals surface area contributed by atoms with Gasteiger partial charge in [-0.25, -0.2) is 0 Å². The van der Waals surface area contributed by atoms with Crippen molar-refractivity contribution in [2.24, 2.45) is 5.73 Å². The highest BCUT2D eigenvalue weighted by molar-refractivity contribution is 5.92. The molecule has 1 amide bonds. The molecule has 0 spiro atoms. The molecule has 120 valence electrons. The molecule has 0 aliphatic heterocycles. The quantitative estimate of drug-likeness (QED) is 0.418. The molecule has 0 atom stereocenters. The SMILES string of the molecule is CCC(CC)OCCNC(=O)C(N)=C=CCc1ccccc1. The smallest absolute Gasteiger partial charge is 0.275 e. The molecule has 0 aliphatic carbocycles. The van der Waals surface area contributed by atoms with Crippen LogP contribution in [0.3, 0.4) is 0 Å². The summed E-state index contributed by atoms with van der Waals surface area (Å²) in [6.45, 7) is 5.13. The van der Waals surface area contributed by atoms with E-state index >= 15 is 0 Å². The summed E-state index contributed by atoms with van der Waals surface area (Å²) < 4.78 is 5.62. The molecule has 0 saturated carbocycles. The van der Waals surface area contributed by atoms with Gasteiger partial charge in [0.05, 0.1) is 12.7 Å². The summed E-state index contributed by atoms with van der Waals surface area (Å²) in [5, 5.41) is 2.73. The topological polar surface area (TPSA) is 64.3 Å². The van der Waals surface area contributed by atoms with Crippen LogP contribution in [0.5, 0.6) is 0 Å². The molecule has 4 heteroatoms. The number of hydrogen-bond donors (Lipinski definition) is 2. The van der Waals surface area contributed by atoms with Crippen molar-refractivity contribution in [2.45, 2.75) is 39.2 Å². The van der Waals surface area contributed by atoms with Crippen molar-refractivity contribution in [3.05, 3.63) is 53.4 Å². The van der Waals surface area contributed by atoms with Gasteiger partial charge in [-0.1, -0.05) is 49.9 Å². The van der Waals surface area contributed by atoms with Crippen LogP contribution in [0.2, 0.25) is 0 Å². The van der Waals surface area contributed by atoms with Crippen LogP contribution in [0.4, 0.5) is 0 Å². The molecule has 3 N–H and O–H groups in total. The summed E-state index contributed by atoms with van der Waals surface area (Å²) in [5.74, 6) is -0.308. The highest BCUT2D eigenvalue weighted by atomic mass is 16.5. The van der Waals surface area contributed by atoms with Crippen LogP contribution in [0, 0.1) is 0 Å². The highest BCUT2D eigenvalue weighted by Crippen LogP contribution is 2.01. The van der Waals surface area contributed by atoms with Gasteiger partial charge >= 0.3 is 0 Å². The molecule has 1 rings (SSSR count). The van der Waals surface area contributed by atoms with Crippen molar-refractivity contribution < 1.29 is 9.53 Å². The van der Waals surface area contributed by atoms with Gasteiger partial charge in [0.2, 0.25) is 0 Å². The van der Waals surface area contributed by atoms with Crippen LogP contribution in [0.15, 0.2) is 47.8 Å². The molecular formula is C18H26N2O2. The molecule has 0 fully saturated rings. The molecule has 22 heavy (non-hydrogen) atoms. The van der Waals surface area contributed by atoms with Gasteiger partial charge in [-0.3, -0.25) is 4.79 Å². The Balaban J connectivity index is 2.33. The van der Waals surface area contributed by atoms with Gasteiger partial charge in [0.1, 0.15) is 5.70 Å². The first-order valence-electron chi connectivity index (χ1n) is 7.81. The number of nitrogens with one attached hydrogen (secondary N) is 1. The minimum atomic E-state index is -0.308. The molecule has 4 nitrogen and oxygen atoms in total. The van der Waals surface area contributed by atoms with E-state index in [0.717, 1.165) is 18.4 Å². The average Bonchev–Trinajstić information content (AvgIpc) is 2.55. The van der Waals surface area contributed by atoms with Crippen molar-refractivity contribution in [1.29, 1.82) is 0 Å². The van der Waals surface area contributed by atoms with Crippen molar-refractivity contribution in [1.82, 2.24) is 5.32 Å². The summed E-state index contributed by atoms with van der Waals surface area (Å²) in [7, 11) is 0. The predicted molar refractivity (Wildman–Crippen MR) is 89.3 cm³/mol.